The van der Waals surface area contributed by atoms with Crippen LogP contribution in [-0.4, -0.2) is 35.3 Å². The number of hydrogen-bond acceptors (Lipinski definition) is 4. The second-order valence-corrected chi connectivity index (χ2v) is 6.40. The normalized spacial score (nSPS) is 16.8. The Bertz CT molecular complexity index is 546. The number of sulfonamides is 1. The molecule has 1 aromatic rings. The quantitative estimate of drug-likeness (QED) is 0.797. The Balaban J connectivity index is 2.01. The molecule has 2 N–H and O–H groups in total. The highest BCUT2D eigenvalue weighted by atomic mass is 32.2. The summed E-state index contributed by atoms with van der Waals surface area (Å²) in [4.78, 5) is 10.5. The van der Waals surface area contributed by atoms with E-state index in [1.54, 1.807) is 0 Å². The predicted molar refractivity (Wildman–Crippen MR) is 67.1 cm³/mol. The van der Waals surface area contributed by atoms with Crippen LogP contribution in [0.2, 0.25) is 0 Å². The zero-order valence-corrected chi connectivity index (χ0v) is 11.3. The minimum atomic E-state index is -3.54. The highest BCUT2D eigenvalue weighted by Gasteiger charge is 2.23. The van der Waals surface area contributed by atoms with Crippen LogP contribution in [0.25, 0.3) is 0 Å². The number of carboxylic acids is 1. The number of carboxylic acid groups (broad SMARTS) is 1. The zero-order valence-electron chi connectivity index (χ0n) is 10.4. The predicted octanol–water partition coefficient (Wildman–Crippen LogP) is 0.579. The van der Waals surface area contributed by atoms with Crippen molar-refractivity contribution in [3.05, 3.63) is 12.4 Å². The molecule has 1 aromatic heterocycles. The van der Waals surface area contributed by atoms with Gasteiger partial charge in [-0.3, -0.25) is 9.48 Å². The Morgan fingerprint density at radius 2 is 2.16 bits per heavy atom. The van der Waals surface area contributed by atoms with Crippen LogP contribution >= 0.6 is 0 Å². The molecule has 7 nitrogen and oxygen atoms in total. The lowest BCUT2D eigenvalue weighted by atomic mass is 10.3. The molecule has 1 saturated carbocycles. The number of aromatic nitrogens is 2. The van der Waals surface area contributed by atoms with Crippen LogP contribution < -0.4 is 4.72 Å². The summed E-state index contributed by atoms with van der Waals surface area (Å²) in [5.41, 5.74) is 0. The van der Waals surface area contributed by atoms with Crippen LogP contribution in [0.5, 0.6) is 0 Å². The van der Waals surface area contributed by atoms with Crippen molar-refractivity contribution in [3.8, 4) is 0 Å². The van der Waals surface area contributed by atoms with Crippen molar-refractivity contribution in [1.82, 2.24) is 14.5 Å². The molecule has 1 heterocycles. The van der Waals surface area contributed by atoms with Gasteiger partial charge in [0.2, 0.25) is 10.0 Å². The first kappa shape index (κ1) is 14.0. The van der Waals surface area contributed by atoms with Crippen molar-refractivity contribution in [3.63, 3.8) is 0 Å². The van der Waals surface area contributed by atoms with Crippen molar-refractivity contribution in [2.24, 2.45) is 0 Å². The smallest absolute Gasteiger partial charge is 0.305 e. The van der Waals surface area contributed by atoms with E-state index in [9.17, 15) is 13.2 Å². The maximum atomic E-state index is 12.1. The molecule has 2 rings (SSSR count). The van der Waals surface area contributed by atoms with E-state index in [-0.39, 0.29) is 23.9 Å². The molecule has 0 aromatic carbocycles. The standard InChI is InChI=1S/C11H17N3O4S/c15-11(16)5-6-14-8-10(7-12-14)19(17,18)13-9-3-1-2-4-9/h7-9,13H,1-6H2,(H,15,16). The lowest BCUT2D eigenvalue weighted by molar-refractivity contribution is -0.137. The fourth-order valence-electron chi connectivity index (χ4n) is 2.15. The summed E-state index contributed by atoms with van der Waals surface area (Å²) in [6, 6.07) is 0.00682. The van der Waals surface area contributed by atoms with Gasteiger partial charge in [0.15, 0.2) is 0 Å². The minimum Gasteiger partial charge on any atom is -0.481 e. The SMILES string of the molecule is O=C(O)CCn1cc(S(=O)(=O)NC2CCCC2)cn1. The highest BCUT2D eigenvalue weighted by molar-refractivity contribution is 7.89. The van der Waals surface area contributed by atoms with Gasteiger partial charge in [-0.2, -0.15) is 5.10 Å². The molecule has 1 aliphatic carbocycles. The number of rotatable bonds is 6. The van der Waals surface area contributed by atoms with Crippen molar-refractivity contribution in [2.75, 3.05) is 0 Å². The molecule has 0 saturated heterocycles. The Morgan fingerprint density at radius 1 is 1.47 bits per heavy atom. The summed E-state index contributed by atoms with van der Waals surface area (Å²) in [7, 11) is -3.54. The van der Waals surface area contributed by atoms with Crippen molar-refractivity contribution < 1.29 is 18.3 Å². The second-order valence-electron chi connectivity index (χ2n) is 4.69. The molecule has 0 aliphatic heterocycles. The van der Waals surface area contributed by atoms with E-state index >= 15 is 0 Å². The van der Waals surface area contributed by atoms with Crippen LogP contribution in [0.15, 0.2) is 17.3 Å². The fraction of sp³-hybridized carbons (Fsp3) is 0.636. The van der Waals surface area contributed by atoms with Crippen LogP contribution in [-0.2, 0) is 21.4 Å². The average molecular weight is 287 g/mol. The molecular formula is C11H17N3O4S. The van der Waals surface area contributed by atoms with Gasteiger partial charge in [-0.25, -0.2) is 13.1 Å². The van der Waals surface area contributed by atoms with Gasteiger partial charge in [0, 0.05) is 12.2 Å². The van der Waals surface area contributed by atoms with E-state index in [1.807, 2.05) is 0 Å². The second kappa shape index (κ2) is 5.70. The van der Waals surface area contributed by atoms with E-state index in [2.05, 4.69) is 9.82 Å². The average Bonchev–Trinajstić information content (AvgIpc) is 2.96. The molecule has 0 unspecified atom stereocenters. The van der Waals surface area contributed by atoms with Crippen LogP contribution in [0.3, 0.4) is 0 Å². The number of aryl methyl sites for hydroxylation is 1. The maximum Gasteiger partial charge on any atom is 0.305 e. The van der Waals surface area contributed by atoms with Crippen LogP contribution in [0.1, 0.15) is 32.1 Å². The zero-order chi connectivity index (χ0) is 13.9. The molecule has 0 atom stereocenters. The molecule has 1 fully saturated rings. The van der Waals surface area contributed by atoms with E-state index in [4.69, 9.17) is 5.11 Å². The van der Waals surface area contributed by atoms with Gasteiger partial charge in [-0.15, -0.1) is 0 Å². The van der Waals surface area contributed by atoms with Gasteiger partial charge in [-0.05, 0) is 12.8 Å². The third kappa shape index (κ3) is 3.77. The first-order chi connectivity index (χ1) is 8.97. The Kier molecular flexibility index (Phi) is 4.20. The van der Waals surface area contributed by atoms with Gasteiger partial charge in [0.1, 0.15) is 4.90 Å². The number of hydrogen-bond donors (Lipinski definition) is 2. The summed E-state index contributed by atoms with van der Waals surface area (Å²) >= 11 is 0. The largest absolute Gasteiger partial charge is 0.481 e. The topological polar surface area (TPSA) is 101 Å². The van der Waals surface area contributed by atoms with E-state index in [0.717, 1.165) is 25.7 Å². The minimum absolute atomic E-state index is 0.00682. The maximum absolute atomic E-state index is 12.1. The third-order valence-electron chi connectivity index (χ3n) is 3.15. The Hall–Kier alpha value is -1.41. The molecule has 8 heteroatoms. The molecule has 0 spiro atoms. The molecule has 106 valence electrons. The van der Waals surface area contributed by atoms with Gasteiger partial charge >= 0.3 is 5.97 Å². The summed E-state index contributed by atoms with van der Waals surface area (Å²) in [5, 5.41) is 12.4. The molecular weight excluding hydrogens is 270 g/mol. The third-order valence-corrected chi connectivity index (χ3v) is 4.63. The molecule has 0 radical (unpaired) electrons. The molecule has 1 aliphatic rings. The Morgan fingerprint density at radius 3 is 2.79 bits per heavy atom. The van der Waals surface area contributed by atoms with Crippen molar-refractivity contribution in [1.29, 1.82) is 0 Å². The summed E-state index contributed by atoms with van der Waals surface area (Å²) < 4.78 is 28.1. The van der Waals surface area contributed by atoms with Crippen LogP contribution in [0, 0.1) is 0 Å². The van der Waals surface area contributed by atoms with Crippen molar-refractivity contribution in [2.45, 2.75) is 49.6 Å². The number of aliphatic carboxylic acids is 1. The number of carbonyl (C=O) groups is 1. The molecule has 19 heavy (non-hydrogen) atoms. The first-order valence-corrected chi connectivity index (χ1v) is 7.72. The van der Waals surface area contributed by atoms with Gasteiger partial charge < -0.3 is 5.11 Å². The van der Waals surface area contributed by atoms with Gasteiger partial charge in [0.25, 0.3) is 0 Å². The van der Waals surface area contributed by atoms with Gasteiger partial charge in [-0.1, -0.05) is 12.8 Å². The summed E-state index contributed by atoms with van der Waals surface area (Å²) in [6.07, 6.45) is 6.35. The fourth-order valence-corrected chi connectivity index (χ4v) is 3.40. The Labute approximate surface area is 111 Å². The number of nitrogens with one attached hydrogen (secondary N) is 1. The molecule has 0 bridgehead atoms. The summed E-state index contributed by atoms with van der Waals surface area (Å²) in [6.45, 7) is 0.161. The van der Waals surface area contributed by atoms with E-state index in [0.29, 0.717) is 0 Å². The first-order valence-electron chi connectivity index (χ1n) is 6.24. The monoisotopic (exact) mass is 287 g/mol. The highest BCUT2D eigenvalue weighted by Crippen LogP contribution is 2.20. The van der Waals surface area contributed by atoms with E-state index in [1.165, 1.54) is 17.1 Å². The van der Waals surface area contributed by atoms with Crippen molar-refractivity contribution >= 4 is 16.0 Å². The molecule has 0 amide bonds. The lowest BCUT2D eigenvalue weighted by Gasteiger charge is -2.10. The summed E-state index contributed by atoms with van der Waals surface area (Å²) in [5.74, 6) is -0.941. The lowest BCUT2D eigenvalue weighted by Crippen LogP contribution is -2.32. The van der Waals surface area contributed by atoms with Gasteiger partial charge in [0.05, 0.1) is 19.2 Å². The number of nitrogens with zero attached hydrogens (tertiary/aromatic N) is 2. The van der Waals surface area contributed by atoms with Crippen LogP contribution in [0.4, 0.5) is 0 Å². The van der Waals surface area contributed by atoms with E-state index < -0.39 is 16.0 Å².